The highest BCUT2D eigenvalue weighted by atomic mass is 35.5. The van der Waals surface area contributed by atoms with Crippen LogP contribution in [0.3, 0.4) is 0 Å². The van der Waals surface area contributed by atoms with E-state index < -0.39 is 0 Å². The Balaban J connectivity index is 2.57. The van der Waals surface area contributed by atoms with Crippen LogP contribution in [0.2, 0.25) is 5.02 Å². The van der Waals surface area contributed by atoms with Crippen molar-refractivity contribution < 1.29 is 4.39 Å². The SMILES string of the molecule is Fc1ccc(Cl)cc1-c1nccs1. The highest BCUT2D eigenvalue weighted by Crippen LogP contribution is 2.27. The summed E-state index contributed by atoms with van der Waals surface area (Å²) in [7, 11) is 0. The fraction of sp³-hybridized carbons (Fsp3) is 0. The summed E-state index contributed by atoms with van der Waals surface area (Å²) < 4.78 is 13.2. The number of rotatable bonds is 1. The number of aromatic nitrogens is 1. The van der Waals surface area contributed by atoms with E-state index in [4.69, 9.17) is 11.6 Å². The second-order valence-electron chi connectivity index (χ2n) is 2.46. The van der Waals surface area contributed by atoms with E-state index in [-0.39, 0.29) is 5.82 Å². The number of hydrogen-bond acceptors (Lipinski definition) is 2. The largest absolute Gasteiger partial charge is 0.244 e. The summed E-state index contributed by atoms with van der Waals surface area (Å²) in [5.41, 5.74) is 0.461. The van der Waals surface area contributed by atoms with Gasteiger partial charge in [-0.2, -0.15) is 0 Å². The minimum Gasteiger partial charge on any atom is -0.244 e. The van der Waals surface area contributed by atoms with Gasteiger partial charge in [0.05, 0.1) is 0 Å². The van der Waals surface area contributed by atoms with Crippen LogP contribution < -0.4 is 0 Å². The Bertz CT molecular complexity index is 414. The van der Waals surface area contributed by atoms with Crippen LogP contribution in [0, 0.1) is 5.82 Å². The Labute approximate surface area is 83.8 Å². The van der Waals surface area contributed by atoms with Crippen LogP contribution >= 0.6 is 22.9 Å². The minimum absolute atomic E-state index is 0.292. The Hall–Kier alpha value is -0.930. The smallest absolute Gasteiger partial charge is 0.133 e. The molecule has 0 aliphatic heterocycles. The quantitative estimate of drug-likeness (QED) is 0.705. The normalized spacial score (nSPS) is 10.3. The first kappa shape index (κ1) is 8.66. The molecule has 0 unspecified atom stereocenters. The maximum atomic E-state index is 13.2. The van der Waals surface area contributed by atoms with Gasteiger partial charge in [-0.25, -0.2) is 9.37 Å². The third-order valence-electron chi connectivity index (χ3n) is 1.59. The van der Waals surface area contributed by atoms with Gasteiger partial charge >= 0.3 is 0 Å². The minimum atomic E-state index is -0.292. The number of halogens is 2. The average Bonchev–Trinajstić information content (AvgIpc) is 2.61. The molecule has 0 saturated heterocycles. The highest BCUT2D eigenvalue weighted by Gasteiger charge is 2.07. The van der Waals surface area contributed by atoms with Gasteiger partial charge in [-0.1, -0.05) is 11.6 Å². The van der Waals surface area contributed by atoms with Gasteiger partial charge in [-0.3, -0.25) is 0 Å². The zero-order valence-electron chi connectivity index (χ0n) is 6.50. The van der Waals surface area contributed by atoms with Gasteiger partial charge in [0.25, 0.3) is 0 Å². The summed E-state index contributed by atoms with van der Waals surface area (Å²) in [4.78, 5) is 4.01. The molecule has 0 N–H and O–H groups in total. The molecule has 1 nitrogen and oxygen atoms in total. The summed E-state index contributed by atoms with van der Waals surface area (Å²) in [6, 6.07) is 4.45. The number of thiazole rings is 1. The van der Waals surface area contributed by atoms with Crippen LogP contribution in [0.15, 0.2) is 29.8 Å². The standard InChI is InChI=1S/C9H5ClFNS/c10-6-1-2-8(11)7(5-6)9-12-3-4-13-9/h1-5H. The molecule has 0 aliphatic carbocycles. The number of benzene rings is 1. The summed E-state index contributed by atoms with van der Waals surface area (Å²) in [5, 5.41) is 2.97. The van der Waals surface area contributed by atoms with Crippen molar-refractivity contribution in [1.29, 1.82) is 0 Å². The first-order valence-electron chi connectivity index (χ1n) is 3.62. The fourth-order valence-corrected chi connectivity index (χ4v) is 1.85. The molecular weight excluding hydrogens is 209 g/mol. The van der Waals surface area contributed by atoms with Crippen LogP contribution in [-0.2, 0) is 0 Å². The molecule has 0 spiro atoms. The summed E-state index contributed by atoms with van der Waals surface area (Å²) in [5.74, 6) is -0.292. The van der Waals surface area contributed by atoms with Crippen molar-refractivity contribution in [2.75, 3.05) is 0 Å². The maximum absolute atomic E-state index is 13.2. The van der Waals surface area contributed by atoms with E-state index in [1.165, 1.54) is 23.5 Å². The lowest BCUT2D eigenvalue weighted by atomic mass is 10.2. The lowest BCUT2D eigenvalue weighted by Crippen LogP contribution is -1.82. The van der Waals surface area contributed by atoms with Crippen LogP contribution in [0.5, 0.6) is 0 Å². The first-order chi connectivity index (χ1) is 6.27. The Morgan fingerprint density at radius 2 is 2.23 bits per heavy atom. The molecule has 0 aliphatic rings. The highest BCUT2D eigenvalue weighted by molar-refractivity contribution is 7.13. The molecule has 1 aromatic carbocycles. The van der Waals surface area contributed by atoms with Crippen molar-refractivity contribution in [1.82, 2.24) is 4.98 Å². The zero-order chi connectivity index (χ0) is 9.26. The van der Waals surface area contributed by atoms with Gasteiger partial charge in [0.2, 0.25) is 0 Å². The molecule has 2 aromatic rings. The number of hydrogen-bond donors (Lipinski definition) is 0. The lowest BCUT2D eigenvalue weighted by molar-refractivity contribution is 0.631. The molecule has 0 radical (unpaired) electrons. The molecule has 2 rings (SSSR count). The summed E-state index contributed by atoms with van der Waals surface area (Å²) in [6.45, 7) is 0. The fourth-order valence-electron chi connectivity index (χ4n) is 1.02. The lowest BCUT2D eigenvalue weighted by Gasteiger charge is -1.98. The van der Waals surface area contributed by atoms with E-state index in [2.05, 4.69) is 4.98 Å². The zero-order valence-corrected chi connectivity index (χ0v) is 8.07. The van der Waals surface area contributed by atoms with Gasteiger partial charge in [0.15, 0.2) is 0 Å². The van der Waals surface area contributed by atoms with Gasteiger partial charge in [-0.15, -0.1) is 11.3 Å². The van der Waals surface area contributed by atoms with E-state index >= 15 is 0 Å². The third kappa shape index (κ3) is 1.71. The summed E-state index contributed by atoms with van der Waals surface area (Å²) in [6.07, 6.45) is 1.64. The van der Waals surface area contributed by atoms with Crippen molar-refractivity contribution in [2.45, 2.75) is 0 Å². The average molecular weight is 214 g/mol. The topological polar surface area (TPSA) is 12.9 Å². The Morgan fingerprint density at radius 3 is 2.92 bits per heavy atom. The second-order valence-corrected chi connectivity index (χ2v) is 3.79. The molecule has 1 aromatic heterocycles. The molecule has 0 atom stereocenters. The molecule has 0 bridgehead atoms. The number of nitrogens with zero attached hydrogens (tertiary/aromatic N) is 1. The van der Waals surface area contributed by atoms with Gasteiger partial charge in [-0.05, 0) is 18.2 Å². The van der Waals surface area contributed by atoms with Crippen LogP contribution in [-0.4, -0.2) is 4.98 Å². The van der Waals surface area contributed by atoms with Crippen molar-refractivity contribution in [2.24, 2.45) is 0 Å². The van der Waals surface area contributed by atoms with Crippen molar-refractivity contribution >= 4 is 22.9 Å². The van der Waals surface area contributed by atoms with E-state index in [9.17, 15) is 4.39 Å². The second kappa shape index (κ2) is 3.44. The predicted octanol–water partition coefficient (Wildman–Crippen LogP) is 3.60. The molecule has 66 valence electrons. The Kier molecular flexibility index (Phi) is 2.29. The van der Waals surface area contributed by atoms with E-state index in [1.807, 2.05) is 0 Å². The van der Waals surface area contributed by atoms with Crippen LogP contribution in [0.4, 0.5) is 4.39 Å². The van der Waals surface area contributed by atoms with Gasteiger partial charge < -0.3 is 0 Å². The first-order valence-corrected chi connectivity index (χ1v) is 4.88. The Morgan fingerprint density at radius 1 is 1.38 bits per heavy atom. The molecule has 0 amide bonds. The molecule has 4 heteroatoms. The molecular formula is C9H5ClFNS. The third-order valence-corrected chi connectivity index (χ3v) is 2.63. The molecule has 1 heterocycles. The van der Waals surface area contributed by atoms with Crippen molar-refractivity contribution in [3.8, 4) is 10.6 Å². The maximum Gasteiger partial charge on any atom is 0.133 e. The molecule has 13 heavy (non-hydrogen) atoms. The summed E-state index contributed by atoms with van der Waals surface area (Å²) >= 11 is 7.13. The van der Waals surface area contributed by atoms with E-state index in [0.29, 0.717) is 15.6 Å². The predicted molar refractivity (Wildman–Crippen MR) is 52.5 cm³/mol. The van der Waals surface area contributed by atoms with Crippen molar-refractivity contribution in [3.63, 3.8) is 0 Å². The monoisotopic (exact) mass is 213 g/mol. The van der Waals surface area contributed by atoms with Gasteiger partial charge in [0, 0.05) is 22.2 Å². The van der Waals surface area contributed by atoms with Gasteiger partial charge in [0.1, 0.15) is 10.8 Å². The van der Waals surface area contributed by atoms with Crippen molar-refractivity contribution in [3.05, 3.63) is 40.6 Å². The molecule has 0 saturated carbocycles. The van der Waals surface area contributed by atoms with E-state index in [1.54, 1.807) is 17.6 Å². The van der Waals surface area contributed by atoms with Crippen LogP contribution in [0.1, 0.15) is 0 Å². The van der Waals surface area contributed by atoms with E-state index in [0.717, 1.165) is 0 Å². The molecule has 0 fully saturated rings. The van der Waals surface area contributed by atoms with Crippen LogP contribution in [0.25, 0.3) is 10.6 Å².